The molecule has 9 heteroatoms. The molecule has 3 rings (SSSR count). The molecule has 1 amide bonds. The van der Waals surface area contributed by atoms with Crippen molar-refractivity contribution in [2.45, 2.75) is 38.1 Å². The van der Waals surface area contributed by atoms with E-state index < -0.39 is 10.0 Å². The molecule has 0 aromatic heterocycles. The quantitative estimate of drug-likeness (QED) is 0.525. The van der Waals surface area contributed by atoms with E-state index in [0.29, 0.717) is 37.6 Å². The molecule has 1 aliphatic heterocycles. The number of rotatable bonds is 8. The summed E-state index contributed by atoms with van der Waals surface area (Å²) in [6.45, 7) is 4.60. The monoisotopic (exact) mass is 492 g/mol. The zero-order valence-corrected chi connectivity index (χ0v) is 20.4. The van der Waals surface area contributed by atoms with Crippen molar-refractivity contribution in [1.29, 1.82) is 0 Å². The Balaban J connectivity index is 1.76. The van der Waals surface area contributed by atoms with Crippen LogP contribution in [-0.2, 0) is 30.9 Å². The number of piperidine rings is 1. The first-order valence-corrected chi connectivity index (χ1v) is 12.8. The van der Waals surface area contributed by atoms with Gasteiger partial charge in [-0.2, -0.15) is 4.31 Å². The molecule has 0 atom stereocenters. The number of ether oxygens (including phenoxy) is 1. The molecule has 0 saturated carbocycles. The Hall–Kier alpha value is -2.42. The lowest BCUT2D eigenvalue weighted by Crippen LogP contribution is -2.46. The van der Waals surface area contributed by atoms with Crippen LogP contribution in [0.25, 0.3) is 0 Å². The SMILES string of the molecule is CCOC(=O)C1CCN(C(=O)CN(Cc2ccc(C)cc2)S(=O)(=O)c2ccc(Cl)cc2)CC1. The highest BCUT2D eigenvalue weighted by Gasteiger charge is 2.32. The predicted octanol–water partition coefficient (Wildman–Crippen LogP) is 3.64. The number of carbonyl (C=O) groups is 2. The lowest BCUT2D eigenvalue weighted by Gasteiger charge is -2.32. The van der Waals surface area contributed by atoms with E-state index in [1.165, 1.54) is 28.6 Å². The number of aryl methyl sites for hydroxylation is 1. The van der Waals surface area contributed by atoms with E-state index in [-0.39, 0.29) is 35.8 Å². The summed E-state index contributed by atoms with van der Waals surface area (Å²) in [6, 6.07) is 13.4. The van der Waals surface area contributed by atoms with Gasteiger partial charge < -0.3 is 9.64 Å². The van der Waals surface area contributed by atoms with Crippen molar-refractivity contribution in [2.24, 2.45) is 5.92 Å². The zero-order chi connectivity index (χ0) is 24.0. The van der Waals surface area contributed by atoms with Gasteiger partial charge in [-0.3, -0.25) is 9.59 Å². The summed E-state index contributed by atoms with van der Waals surface area (Å²) in [5.74, 6) is -0.756. The fourth-order valence-electron chi connectivity index (χ4n) is 3.75. The Morgan fingerprint density at radius 3 is 2.24 bits per heavy atom. The van der Waals surface area contributed by atoms with Crippen LogP contribution >= 0.6 is 11.6 Å². The number of sulfonamides is 1. The van der Waals surface area contributed by atoms with Gasteiger partial charge in [-0.1, -0.05) is 41.4 Å². The molecule has 1 saturated heterocycles. The average molecular weight is 493 g/mol. The Labute approximate surface area is 200 Å². The summed E-state index contributed by atoms with van der Waals surface area (Å²) < 4.78 is 33.1. The van der Waals surface area contributed by atoms with Gasteiger partial charge in [0.15, 0.2) is 0 Å². The zero-order valence-electron chi connectivity index (χ0n) is 18.9. The fraction of sp³-hybridized carbons (Fsp3) is 0.417. The van der Waals surface area contributed by atoms with E-state index in [9.17, 15) is 18.0 Å². The molecule has 0 bridgehead atoms. The summed E-state index contributed by atoms with van der Waals surface area (Å²) in [6.07, 6.45) is 1.01. The van der Waals surface area contributed by atoms with Gasteiger partial charge in [-0.25, -0.2) is 8.42 Å². The second-order valence-corrected chi connectivity index (χ2v) is 10.5. The van der Waals surface area contributed by atoms with Gasteiger partial charge in [-0.05, 0) is 56.5 Å². The van der Waals surface area contributed by atoms with Gasteiger partial charge in [0.1, 0.15) is 0 Å². The minimum absolute atomic E-state index is 0.0657. The normalized spacial score (nSPS) is 15.0. The summed E-state index contributed by atoms with van der Waals surface area (Å²) in [7, 11) is -3.94. The third-order valence-electron chi connectivity index (χ3n) is 5.71. The maximum absolute atomic E-state index is 13.4. The van der Waals surface area contributed by atoms with Crippen LogP contribution in [0.5, 0.6) is 0 Å². The van der Waals surface area contributed by atoms with Crippen molar-refractivity contribution in [2.75, 3.05) is 26.2 Å². The number of amides is 1. The minimum atomic E-state index is -3.94. The number of halogens is 1. The molecule has 0 unspecified atom stereocenters. The van der Waals surface area contributed by atoms with Crippen molar-refractivity contribution in [1.82, 2.24) is 9.21 Å². The highest BCUT2D eigenvalue weighted by atomic mass is 35.5. The van der Waals surface area contributed by atoms with Crippen LogP contribution in [0.1, 0.15) is 30.9 Å². The lowest BCUT2D eigenvalue weighted by molar-refractivity contribution is -0.151. The van der Waals surface area contributed by atoms with Crippen LogP contribution in [0.15, 0.2) is 53.4 Å². The number of nitrogens with zero attached hydrogens (tertiary/aromatic N) is 2. The topological polar surface area (TPSA) is 84.0 Å². The van der Waals surface area contributed by atoms with Gasteiger partial charge in [0.05, 0.1) is 24.0 Å². The highest BCUT2D eigenvalue weighted by Crippen LogP contribution is 2.23. The maximum Gasteiger partial charge on any atom is 0.309 e. The van der Waals surface area contributed by atoms with Crippen molar-refractivity contribution in [3.8, 4) is 0 Å². The van der Waals surface area contributed by atoms with Crippen LogP contribution in [0.3, 0.4) is 0 Å². The molecule has 178 valence electrons. The second kappa shape index (κ2) is 11.1. The van der Waals surface area contributed by atoms with Crippen molar-refractivity contribution >= 4 is 33.5 Å². The third-order valence-corrected chi connectivity index (χ3v) is 7.77. The van der Waals surface area contributed by atoms with E-state index in [2.05, 4.69) is 0 Å². The first-order chi connectivity index (χ1) is 15.7. The minimum Gasteiger partial charge on any atom is -0.466 e. The number of benzene rings is 2. The Bertz CT molecular complexity index is 1060. The highest BCUT2D eigenvalue weighted by molar-refractivity contribution is 7.89. The van der Waals surface area contributed by atoms with Crippen molar-refractivity contribution in [3.05, 3.63) is 64.7 Å². The molecule has 33 heavy (non-hydrogen) atoms. The number of carbonyl (C=O) groups excluding carboxylic acids is 2. The fourth-order valence-corrected chi connectivity index (χ4v) is 5.26. The molecule has 2 aromatic carbocycles. The molecular formula is C24H29ClN2O5S. The molecule has 7 nitrogen and oxygen atoms in total. The summed E-state index contributed by atoms with van der Waals surface area (Å²) >= 11 is 5.92. The molecule has 1 fully saturated rings. The number of esters is 1. The Kier molecular flexibility index (Phi) is 8.51. The summed E-state index contributed by atoms with van der Waals surface area (Å²) in [5.41, 5.74) is 1.85. The smallest absolute Gasteiger partial charge is 0.309 e. The number of hydrogen-bond acceptors (Lipinski definition) is 5. The molecule has 1 aliphatic rings. The molecule has 0 N–H and O–H groups in total. The predicted molar refractivity (Wildman–Crippen MR) is 126 cm³/mol. The standard InChI is InChI=1S/C24H29ClN2O5S/c1-3-32-24(29)20-12-14-26(15-13-20)23(28)17-27(16-19-6-4-18(2)5-7-19)33(30,31)22-10-8-21(25)9-11-22/h4-11,20H,3,12-17H2,1-2H3. The average Bonchev–Trinajstić information content (AvgIpc) is 2.80. The van der Waals surface area contributed by atoms with E-state index >= 15 is 0 Å². The first kappa shape index (κ1) is 25.2. The van der Waals surface area contributed by atoms with Crippen molar-refractivity contribution in [3.63, 3.8) is 0 Å². The number of hydrogen-bond donors (Lipinski definition) is 0. The molecule has 0 aliphatic carbocycles. The second-order valence-electron chi connectivity index (χ2n) is 8.12. The molecular weight excluding hydrogens is 464 g/mol. The van der Waals surface area contributed by atoms with Crippen LogP contribution < -0.4 is 0 Å². The van der Waals surface area contributed by atoms with Crippen LogP contribution in [0.4, 0.5) is 0 Å². The number of likely N-dealkylation sites (tertiary alicyclic amines) is 1. The van der Waals surface area contributed by atoms with E-state index in [0.717, 1.165) is 11.1 Å². The van der Waals surface area contributed by atoms with E-state index in [1.54, 1.807) is 11.8 Å². The van der Waals surface area contributed by atoms with Gasteiger partial charge in [-0.15, -0.1) is 0 Å². The van der Waals surface area contributed by atoms with Crippen LogP contribution in [0, 0.1) is 12.8 Å². The van der Waals surface area contributed by atoms with Gasteiger partial charge >= 0.3 is 5.97 Å². The van der Waals surface area contributed by atoms with E-state index in [4.69, 9.17) is 16.3 Å². The maximum atomic E-state index is 13.4. The third kappa shape index (κ3) is 6.56. The van der Waals surface area contributed by atoms with E-state index in [1.807, 2.05) is 31.2 Å². The van der Waals surface area contributed by atoms with Gasteiger partial charge in [0.2, 0.25) is 15.9 Å². The van der Waals surface area contributed by atoms with Gasteiger partial charge in [0, 0.05) is 24.7 Å². The van der Waals surface area contributed by atoms with Crippen molar-refractivity contribution < 1.29 is 22.7 Å². The molecule has 0 spiro atoms. The van der Waals surface area contributed by atoms with Crippen LogP contribution in [0.2, 0.25) is 5.02 Å². The molecule has 2 aromatic rings. The van der Waals surface area contributed by atoms with Crippen LogP contribution in [-0.4, -0.2) is 55.7 Å². The molecule has 0 radical (unpaired) electrons. The Morgan fingerprint density at radius 1 is 1.06 bits per heavy atom. The Morgan fingerprint density at radius 2 is 1.67 bits per heavy atom. The van der Waals surface area contributed by atoms with Gasteiger partial charge in [0.25, 0.3) is 0 Å². The largest absolute Gasteiger partial charge is 0.466 e. The summed E-state index contributed by atoms with van der Waals surface area (Å²) in [5, 5.41) is 0.430. The summed E-state index contributed by atoms with van der Waals surface area (Å²) in [4.78, 5) is 26.7. The first-order valence-electron chi connectivity index (χ1n) is 11.0. The molecule has 1 heterocycles. The lowest BCUT2D eigenvalue weighted by atomic mass is 9.97.